The molecule has 10 nitrogen and oxygen atoms in total. The Hall–Kier alpha value is -4.08. The van der Waals surface area contributed by atoms with Crippen molar-refractivity contribution < 1.29 is 47.9 Å². The Morgan fingerprint density at radius 1 is 0.950 bits per heavy atom. The third-order valence-electron chi connectivity index (χ3n) is 7.71. The topological polar surface area (TPSA) is 119 Å². The molecule has 0 amide bonds. The Kier molecular flexibility index (Phi) is 8.37. The minimum atomic E-state index is -0.859. The van der Waals surface area contributed by atoms with E-state index in [1.807, 2.05) is 13.8 Å². The average molecular weight is 557 g/mol. The fourth-order valence-corrected chi connectivity index (χ4v) is 5.20. The van der Waals surface area contributed by atoms with Crippen LogP contribution in [0, 0.1) is 11.8 Å². The molecule has 0 bridgehead atoms. The van der Waals surface area contributed by atoms with Crippen LogP contribution in [0.2, 0.25) is 0 Å². The molecular formula is C30H36O10. The second-order valence-corrected chi connectivity index (χ2v) is 9.81. The zero-order valence-electron chi connectivity index (χ0n) is 24.1. The predicted molar refractivity (Wildman–Crippen MR) is 145 cm³/mol. The van der Waals surface area contributed by atoms with Crippen molar-refractivity contribution in [3.63, 3.8) is 0 Å². The van der Waals surface area contributed by atoms with E-state index in [4.69, 9.17) is 33.2 Å². The first-order valence-electron chi connectivity index (χ1n) is 13.1. The quantitative estimate of drug-likeness (QED) is 0.339. The minimum Gasteiger partial charge on any atom is -0.504 e. The summed E-state index contributed by atoms with van der Waals surface area (Å²) in [5.41, 5.74) is 2.11. The van der Waals surface area contributed by atoms with Gasteiger partial charge in [0.05, 0.1) is 21.3 Å². The first kappa shape index (κ1) is 28.9. The maximum atomic E-state index is 13.2. The van der Waals surface area contributed by atoms with Gasteiger partial charge in [-0.05, 0) is 26.0 Å². The number of aromatic hydroxyl groups is 1. The summed E-state index contributed by atoms with van der Waals surface area (Å²) in [6.07, 6.45) is 0.117. The number of rotatable bonds is 7. The van der Waals surface area contributed by atoms with Crippen LogP contribution in [0.15, 0.2) is 23.8 Å². The zero-order chi connectivity index (χ0) is 29.3. The van der Waals surface area contributed by atoms with Crippen LogP contribution in [0.5, 0.6) is 34.5 Å². The lowest BCUT2D eigenvalue weighted by Gasteiger charge is -2.38. The molecule has 1 aliphatic heterocycles. The van der Waals surface area contributed by atoms with E-state index >= 15 is 0 Å². The molecule has 0 unspecified atom stereocenters. The Morgan fingerprint density at radius 2 is 1.57 bits per heavy atom. The van der Waals surface area contributed by atoms with Gasteiger partial charge in [0.25, 0.3) is 0 Å². The summed E-state index contributed by atoms with van der Waals surface area (Å²) >= 11 is 0. The number of phenols is 1. The van der Waals surface area contributed by atoms with Crippen molar-refractivity contribution in [1.82, 2.24) is 0 Å². The van der Waals surface area contributed by atoms with Crippen molar-refractivity contribution in [1.29, 1.82) is 0 Å². The van der Waals surface area contributed by atoms with E-state index < -0.39 is 24.1 Å². The summed E-state index contributed by atoms with van der Waals surface area (Å²) in [6.45, 7) is 8.88. The summed E-state index contributed by atoms with van der Waals surface area (Å²) in [5.74, 6) is -0.624. The van der Waals surface area contributed by atoms with Gasteiger partial charge >= 0.3 is 11.9 Å². The van der Waals surface area contributed by atoms with Gasteiger partial charge in [-0.3, -0.25) is 4.79 Å². The second kappa shape index (κ2) is 11.6. The molecule has 10 heteroatoms. The molecule has 2 aliphatic rings. The van der Waals surface area contributed by atoms with Crippen LogP contribution < -0.4 is 23.7 Å². The van der Waals surface area contributed by atoms with Gasteiger partial charge in [0.2, 0.25) is 18.3 Å². The molecule has 2 aromatic rings. The zero-order valence-corrected chi connectivity index (χ0v) is 24.1. The first-order valence-corrected chi connectivity index (χ1v) is 13.1. The molecule has 0 fully saturated rings. The third kappa shape index (κ3) is 4.76. The summed E-state index contributed by atoms with van der Waals surface area (Å²) in [6, 6.07) is 3.43. The van der Waals surface area contributed by atoms with E-state index in [1.54, 1.807) is 39.0 Å². The second-order valence-electron chi connectivity index (χ2n) is 9.81. The van der Waals surface area contributed by atoms with Crippen LogP contribution in [0.4, 0.5) is 0 Å². The van der Waals surface area contributed by atoms with Gasteiger partial charge < -0.3 is 38.3 Å². The number of phenolic OH excluding ortho intramolecular Hbond substituents is 1. The molecule has 1 heterocycles. The predicted octanol–water partition coefficient (Wildman–Crippen LogP) is 5.64. The summed E-state index contributed by atoms with van der Waals surface area (Å²) in [4.78, 5) is 25.9. The average Bonchev–Trinajstić information content (AvgIpc) is 3.45. The number of carbonyl (C=O) groups excluding carboxylic acids is 2. The molecule has 0 saturated carbocycles. The van der Waals surface area contributed by atoms with Crippen LogP contribution in [0.25, 0.3) is 11.1 Å². The maximum Gasteiger partial charge on any atom is 0.333 e. The van der Waals surface area contributed by atoms with Gasteiger partial charge in [-0.25, -0.2) is 4.79 Å². The lowest BCUT2D eigenvalue weighted by molar-refractivity contribution is -0.158. The SMILES string of the molecule is C/C=C(/C)C(=O)O[C@H]1c2cc(OC)c(OC)c(OC)c2-c2c(cc3c(c2O)OCO3)[C@H](OC(=O)CC)[C@H](C)[C@@H]1C. The number of carbonyl (C=O) groups is 2. The number of ether oxygens (including phenoxy) is 7. The highest BCUT2D eigenvalue weighted by molar-refractivity contribution is 5.91. The summed E-state index contributed by atoms with van der Waals surface area (Å²) in [5, 5.41) is 11.7. The number of allylic oxidation sites excluding steroid dienone is 1. The third-order valence-corrected chi connectivity index (χ3v) is 7.71. The molecular weight excluding hydrogens is 520 g/mol. The van der Waals surface area contributed by atoms with E-state index in [2.05, 4.69) is 0 Å². The van der Waals surface area contributed by atoms with Gasteiger partial charge in [-0.2, -0.15) is 0 Å². The van der Waals surface area contributed by atoms with E-state index in [9.17, 15) is 14.7 Å². The van der Waals surface area contributed by atoms with Crippen LogP contribution in [-0.4, -0.2) is 45.2 Å². The minimum absolute atomic E-state index is 0.0874. The monoisotopic (exact) mass is 556 g/mol. The van der Waals surface area contributed by atoms with E-state index in [0.717, 1.165) is 0 Å². The lowest BCUT2D eigenvalue weighted by atomic mass is 9.74. The molecule has 0 radical (unpaired) electrons. The molecule has 4 atom stereocenters. The van der Waals surface area contributed by atoms with Gasteiger partial charge in [0.1, 0.15) is 12.2 Å². The van der Waals surface area contributed by atoms with Gasteiger partial charge in [-0.15, -0.1) is 0 Å². The van der Waals surface area contributed by atoms with Crippen LogP contribution in [0.3, 0.4) is 0 Å². The largest absolute Gasteiger partial charge is 0.504 e. The van der Waals surface area contributed by atoms with E-state index in [-0.39, 0.29) is 53.6 Å². The van der Waals surface area contributed by atoms with Crippen molar-refractivity contribution >= 4 is 11.9 Å². The maximum absolute atomic E-state index is 13.2. The Balaban J connectivity index is 2.17. The fraction of sp³-hybridized carbons (Fsp3) is 0.467. The van der Waals surface area contributed by atoms with Gasteiger partial charge in [-0.1, -0.05) is 26.8 Å². The number of benzene rings is 2. The normalized spacial score (nSPS) is 21.4. The number of hydrogen-bond acceptors (Lipinski definition) is 10. The smallest absolute Gasteiger partial charge is 0.333 e. The Morgan fingerprint density at radius 3 is 2.15 bits per heavy atom. The van der Waals surface area contributed by atoms with E-state index in [0.29, 0.717) is 33.8 Å². The van der Waals surface area contributed by atoms with Crippen LogP contribution in [0.1, 0.15) is 64.4 Å². The lowest BCUT2D eigenvalue weighted by Crippen LogP contribution is -2.31. The van der Waals surface area contributed by atoms with Crippen molar-refractivity contribution in [3.05, 3.63) is 34.9 Å². The van der Waals surface area contributed by atoms with Crippen molar-refractivity contribution in [3.8, 4) is 45.6 Å². The highest BCUT2D eigenvalue weighted by Crippen LogP contribution is 2.60. The van der Waals surface area contributed by atoms with Crippen molar-refractivity contribution in [2.45, 2.75) is 53.2 Å². The number of methoxy groups -OCH3 is 3. The first-order chi connectivity index (χ1) is 19.1. The van der Waals surface area contributed by atoms with E-state index in [1.165, 1.54) is 21.3 Å². The number of fused-ring (bicyclic) bond motifs is 4. The molecule has 1 N–H and O–H groups in total. The van der Waals surface area contributed by atoms with Crippen molar-refractivity contribution in [2.75, 3.05) is 28.1 Å². The molecule has 1 aliphatic carbocycles. The Bertz CT molecular complexity index is 1340. The fourth-order valence-electron chi connectivity index (χ4n) is 5.20. The summed E-state index contributed by atoms with van der Waals surface area (Å²) in [7, 11) is 4.43. The van der Waals surface area contributed by atoms with Gasteiger partial charge in [0, 0.05) is 46.1 Å². The number of hydrogen-bond donors (Lipinski definition) is 1. The molecule has 40 heavy (non-hydrogen) atoms. The highest BCUT2D eigenvalue weighted by atomic mass is 16.7. The van der Waals surface area contributed by atoms with Crippen LogP contribution in [-0.2, 0) is 19.1 Å². The highest BCUT2D eigenvalue weighted by Gasteiger charge is 2.44. The van der Waals surface area contributed by atoms with Gasteiger partial charge in [0.15, 0.2) is 23.0 Å². The molecule has 4 rings (SSSR count). The number of esters is 2. The molecule has 0 saturated heterocycles. The molecule has 0 spiro atoms. The standard InChI is InChI=1S/C30H36O10/c1-9-14(3)30(33)40-26-16(5)15(4)25(39-21(31)10-2)17-12-20-27(38-13-37-20)24(32)22(17)23-18(26)11-19(34-6)28(35-7)29(23)36-8/h9,11-12,15-16,25-26,32H,10,13H2,1-8H3/b14-9-/t15-,16+,25-,26-/m1/s1. The van der Waals surface area contributed by atoms with Crippen molar-refractivity contribution in [2.24, 2.45) is 11.8 Å². The van der Waals surface area contributed by atoms with Crippen LogP contribution >= 0.6 is 0 Å². The molecule has 2 aromatic carbocycles. The summed E-state index contributed by atoms with van der Waals surface area (Å²) < 4.78 is 40.6. The molecule has 0 aromatic heterocycles. The molecule has 216 valence electrons. The Labute approximate surface area is 233 Å².